The fraction of sp³-hybridized carbons (Fsp3) is 0.438. The highest BCUT2D eigenvalue weighted by Crippen LogP contribution is 2.34. The molecule has 5 heteroatoms. The summed E-state index contributed by atoms with van der Waals surface area (Å²) < 4.78 is 12.6. The maximum Gasteiger partial charge on any atom is 0.163 e. The van der Waals surface area contributed by atoms with E-state index < -0.39 is 6.10 Å². The lowest BCUT2D eigenvalue weighted by molar-refractivity contribution is 0.199. The zero-order chi connectivity index (χ0) is 15.0. The van der Waals surface area contributed by atoms with E-state index in [9.17, 15) is 5.11 Å². The SMILES string of the molecule is COc1cnn(C(C)C)c1C(O)c1ccc2c(c1)CCO2. The molecule has 0 radical (unpaired) electrons. The number of rotatable bonds is 4. The van der Waals surface area contributed by atoms with Gasteiger partial charge in [0.25, 0.3) is 0 Å². The summed E-state index contributed by atoms with van der Waals surface area (Å²) in [5.41, 5.74) is 2.66. The molecule has 0 spiro atoms. The van der Waals surface area contributed by atoms with Gasteiger partial charge >= 0.3 is 0 Å². The summed E-state index contributed by atoms with van der Waals surface area (Å²) in [7, 11) is 1.59. The molecule has 2 heterocycles. The maximum atomic E-state index is 10.8. The van der Waals surface area contributed by atoms with Crippen molar-refractivity contribution in [3.8, 4) is 11.5 Å². The van der Waals surface area contributed by atoms with Crippen LogP contribution in [0.5, 0.6) is 11.5 Å². The number of benzene rings is 1. The monoisotopic (exact) mass is 288 g/mol. The molecule has 5 nitrogen and oxygen atoms in total. The van der Waals surface area contributed by atoms with E-state index in [0.717, 1.165) is 23.3 Å². The molecule has 0 fully saturated rings. The fourth-order valence-corrected chi connectivity index (χ4v) is 2.72. The van der Waals surface area contributed by atoms with Crippen LogP contribution >= 0.6 is 0 Å². The molecular weight excluding hydrogens is 268 g/mol. The van der Waals surface area contributed by atoms with E-state index in [2.05, 4.69) is 5.10 Å². The number of ether oxygens (including phenoxy) is 2. The second-order valence-corrected chi connectivity index (χ2v) is 5.50. The van der Waals surface area contributed by atoms with Gasteiger partial charge in [-0.2, -0.15) is 5.10 Å². The predicted molar refractivity (Wildman–Crippen MR) is 78.9 cm³/mol. The predicted octanol–water partition coefficient (Wildman–Crippen LogP) is 2.49. The smallest absolute Gasteiger partial charge is 0.163 e. The van der Waals surface area contributed by atoms with E-state index in [4.69, 9.17) is 9.47 Å². The Hall–Kier alpha value is -2.01. The van der Waals surface area contributed by atoms with Crippen molar-refractivity contribution >= 4 is 0 Å². The van der Waals surface area contributed by atoms with Crippen LogP contribution in [0.1, 0.15) is 42.8 Å². The molecule has 0 saturated carbocycles. The first-order chi connectivity index (χ1) is 10.1. The van der Waals surface area contributed by atoms with Crippen LogP contribution in [0.4, 0.5) is 0 Å². The first-order valence-corrected chi connectivity index (χ1v) is 7.17. The summed E-state index contributed by atoms with van der Waals surface area (Å²) in [6.07, 6.45) is 1.77. The summed E-state index contributed by atoms with van der Waals surface area (Å²) in [4.78, 5) is 0. The number of methoxy groups -OCH3 is 1. The Balaban J connectivity index is 2.02. The highest BCUT2D eigenvalue weighted by atomic mass is 16.5. The van der Waals surface area contributed by atoms with Crippen LogP contribution in [-0.2, 0) is 6.42 Å². The van der Waals surface area contributed by atoms with Crippen molar-refractivity contribution in [1.29, 1.82) is 0 Å². The van der Waals surface area contributed by atoms with Crippen LogP contribution < -0.4 is 9.47 Å². The molecule has 2 aromatic rings. The molecule has 1 aromatic heterocycles. The molecule has 0 bridgehead atoms. The first kappa shape index (κ1) is 13.9. The number of fused-ring (bicyclic) bond motifs is 1. The Morgan fingerprint density at radius 1 is 1.38 bits per heavy atom. The summed E-state index contributed by atoms with van der Waals surface area (Å²) in [5, 5.41) is 15.1. The topological polar surface area (TPSA) is 56.5 Å². The molecule has 1 aliphatic heterocycles. The molecule has 0 amide bonds. The number of hydrogen-bond donors (Lipinski definition) is 1. The minimum Gasteiger partial charge on any atom is -0.493 e. The standard InChI is InChI=1S/C16H20N2O3/c1-10(2)18-15(14(20-3)9-17-18)16(19)12-4-5-13-11(8-12)6-7-21-13/h4-5,8-10,16,19H,6-7H2,1-3H3. The van der Waals surface area contributed by atoms with Crippen molar-refractivity contribution in [2.24, 2.45) is 0 Å². The minimum absolute atomic E-state index is 0.149. The van der Waals surface area contributed by atoms with Crippen LogP contribution in [0.25, 0.3) is 0 Å². The van der Waals surface area contributed by atoms with Crippen molar-refractivity contribution in [2.75, 3.05) is 13.7 Å². The third kappa shape index (κ3) is 2.38. The van der Waals surface area contributed by atoms with Crippen molar-refractivity contribution in [3.63, 3.8) is 0 Å². The molecule has 3 rings (SSSR count). The van der Waals surface area contributed by atoms with Crippen molar-refractivity contribution in [3.05, 3.63) is 41.2 Å². The average molecular weight is 288 g/mol. The van der Waals surface area contributed by atoms with Gasteiger partial charge in [-0.05, 0) is 37.1 Å². The fourth-order valence-electron chi connectivity index (χ4n) is 2.72. The summed E-state index contributed by atoms with van der Waals surface area (Å²) in [5.74, 6) is 1.52. The van der Waals surface area contributed by atoms with Crippen molar-refractivity contribution < 1.29 is 14.6 Å². The van der Waals surface area contributed by atoms with Gasteiger partial charge in [0.1, 0.15) is 17.5 Å². The van der Waals surface area contributed by atoms with Gasteiger partial charge in [-0.15, -0.1) is 0 Å². The zero-order valence-electron chi connectivity index (χ0n) is 12.5. The Labute approximate surface area is 124 Å². The van der Waals surface area contributed by atoms with Gasteiger partial charge in [-0.3, -0.25) is 4.68 Å². The van der Waals surface area contributed by atoms with Gasteiger partial charge < -0.3 is 14.6 Å². The summed E-state index contributed by atoms with van der Waals surface area (Å²) in [6, 6.07) is 5.97. The lowest BCUT2D eigenvalue weighted by Crippen LogP contribution is -2.13. The normalized spacial score (nSPS) is 14.9. The van der Waals surface area contributed by atoms with Crippen molar-refractivity contribution in [2.45, 2.75) is 32.4 Å². The van der Waals surface area contributed by atoms with Gasteiger partial charge in [-0.25, -0.2) is 0 Å². The summed E-state index contributed by atoms with van der Waals surface area (Å²) >= 11 is 0. The number of nitrogens with zero attached hydrogens (tertiary/aromatic N) is 2. The second-order valence-electron chi connectivity index (χ2n) is 5.50. The molecule has 0 aliphatic carbocycles. The van der Waals surface area contributed by atoms with Crippen LogP contribution in [0.2, 0.25) is 0 Å². The third-order valence-corrected chi connectivity index (χ3v) is 3.80. The quantitative estimate of drug-likeness (QED) is 0.939. The third-order valence-electron chi connectivity index (χ3n) is 3.80. The molecular formula is C16H20N2O3. The van der Waals surface area contributed by atoms with E-state index in [1.807, 2.05) is 32.0 Å². The first-order valence-electron chi connectivity index (χ1n) is 7.17. The van der Waals surface area contributed by atoms with Crippen LogP contribution in [-0.4, -0.2) is 28.6 Å². The second kappa shape index (κ2) is 5.41. The van der Waals surface area contributed by atoms with Crippen LogP contribution in [0.3, 0.4) is 0 Å². The number of hydrogen-bond acceptors (Lipinski definition) is 4. The number of aliphatic hydroxyl groups excluding tert-OH is 1. The Morgan fingerprint density at radius 3 is 2.90 bits per heavy atom. The van der Waals surface area contributed by atoms with E-state index in [-0.39, 0.29) is 6.04 Å². The molecule has 21 heavy (non-hydrogen) atoms. The van der Waals surface area contributed by atoms with Crippen LogP contribution in [0.15, 0.2) is 24.4 Å². The molecule has 1 N–H and O–H groups in total. The molecule has 1 atom stereocenters. The van der Waals surface area contributed by atoms with Gasteiger partial charge in [0, 0.05) is 12.5 Å². The average Bonchev–Trinajstić information content (AvgIpc) is 3.11. The van der Waals surface area contributed by atoms with E-state index in [1.54, 1.807) is 18.0 Å². The van der Waals surface area contributed by atoms with Gasteiger partial charge in [0.05, 0.1) is 19.9 Å². The highest BCUT2D eigenvalue weighted by Gasteiger charge is 2.24. The van der Waals surface area contributed by atoms with E-state index in [0.29, 0.717) is 18.1 Å². The van der Waals surface area contributed by atoms with Gasteiger partial charge in [0.2, 0.25) is 0 Å². The zero-order valence-corrected chi connectivity index (χ0v) is 12.5. The molecule has 112 valence electrons. The maximum absolute atomic E-state index is 10.8. The van der Waals surface area contributed by atoms with Crippen LogP contribution in [0, 0.1) is 0 Å². The Kier molecular flexibility index (Phi) is 3.59. The highest BCUT2D eigenvalue weighted by molar-refractivity contribution is 5.43. The Morgan fingerprint density at radius 2 is 2.19 bits per heavy atom. The summed E-state index contributed by atoms with van der Waals surface area (Å²) in [6.45, 7) is 4.76. The van der Waals surface area contributed by atoms with Crippen molar-refractivity contribution in [1.82, 2.24) is 9.78 Å². The van der Waals surface area contributed by atoms with E-state index in [1.165, 1.54) is 0 Å². The minimum atomic E-state index is -0.768. The number of aliphatic hydroxyl groups is 1. The lowest BCUT2D eigenvalue weighted by Gasteiger charge is -2.18. The van der Waals surface area contributed by atoms with Gasteiger partial charge in [0.15, 0.2) is 5.75 Å². The molecule has 0 saturated heterocycles. The molecule has 1 aromatic carbocycles. The molecule has 1 aliphatic rings. The Bertz CT molecular complexity index is 649. The van der Waals surface area contributed by atoms with Gasteiger partial charge in [-0.1, -0.05) is 6.07 Å². The lowest BCUT2D eigenvalue weighted by atomic mass is 10.0. The molecule has 1 unspecified atom stereocenters. The number of aromatic nitrogens is 2. The largest absolute Gasteiger partial charge is 0.493 e. The van der Waals surface area contributed by atoms with E-state index >= 15 is 0 Å².